The number of nitrogen functional groups attached to an aromatic ring is 1. The van der Waals surface area contributed by atoms with Gasteiger partial charge in [-0.1, -0.05) is 0 Å². The summed E-state index contributed by atoms with van der Waals surface area (Å²) in [5, 5.41) is 10.9. The fourth-order valence-corrected chi connectivity index (χ4v) is 2.18. The van der Waals surface area contributed by atoms with Crippen molar-refractivity contribution >= 4 is 11.4 Å². The van der Waals surface area contributed by atoms with Gasteiger partial charge < -0.3 is 9.84 Å². The van der Waals surface area contributed by atoms with Crippen molar-refractivity contribution in [1.82, 2.24) is 4.90 Å². The molecule has 0 saturated carbocycles. The molecule has 0 bridgehead atoms. The normalized spacial score (nSPS) is 10.9. The average Bonchev–Trinajstić information content (AvgIpc) is 2.84. The maximum atomic E-state index is 10.9. The minimum absolute atomic E-state index is 0.0527. The first-order valence-electron chi connectivity index (χ1n) is 6.46. The number of anilines is 1. The lowest BCUT2D eigenvalue weighted by molar-refractivity contribution is -0.384. The second kappa shape index (κ2) is 6.38. The molecule has 0 radical (unpaired) electrons. The number of nitrogens with one attached hydrogen (secondary N) is 1. The van der Waals surface area contributed by atoms with Crippen molar-refractivity contribution in [2.75, 3.05) is 12.5 Å². The average molecular weight is 290 g/mol. The summed E-state index contributed by atoms with van der Waals surface area (Å²) >= 11 is 0. The summed E-state index contributed by atoms with van der Waals surface area (Å²) in [5.74, 6) is 6.33. The molecule has 7 heteroatoms. The van der Waals surface area contributed by atoms with E-state index >= 15 is 0 Å². The van der Waals surface area contributed by atoms with E-state index in [1.54, 1.807) is 12.3 Å². The van der Waals surface area contributed by atoms with Crippen molar-refractivity contribution in [3.63, 3.8) is 0 Å². The Morgan fingerprint density at radius 1 is 1.33 bits per heavy atom. The third kappa shape index (κ3) is 3.59. The van der Waals surface area contributed by atoms with Gasteiger partial charge in [0.2, 0.25) is 0 Å². The Labute approximate surface area is 122 Å². The van der Waals surface area contributed by atoms with Gasteiger partial charge in [0.1, 0.15) is 5.76 Å². The van der Waals surface area contributed by atoms with Gasteiger partial charge >= 0.3 is 0 Å². The largest absolute Gasteiger partial charge is 0.469 e. The van der Waals surface area contributed by atoms with Gasteiger partial charge in [0, 0.05) is 30.8 Å². The summed E-state index contributed by atoms with van der Waals surface area (Å²) in [4.78, 5) is 12.5. The molecule has 2 aromatic rings. The van der Waals surface area contributed by atoms with E-state index in [0.717, 1.165) is 16.9 Å². The van der Waals surface area contributed by atoms with Gasteiger partial charge in [-0.25, -0.2) is 0 Å². The van der Waals surface area contributed by atoms with Crippen LogP contribution in [0, 0.1) is 17.0 Å². The lowest BCUT2D eigenvalue weighted by atomic mass is 10.1. The highest BCUT2D eigenvalue weighted by Crippen LogP contribution is 2.23. The molecular weight excluding hydrogens is 272 g/mol. The van der Waals surface area contributed by atoms with Crippen molar-refractivity contribution in [2.24, 2.45) is 5.84 Å². The van der Waals surface area contributed by atoms with Crippen molar-refractivity contribution in [1.29, 1.82) is 0 Å². The number of benzene rings is 1. The van der Waals surface area contributed by atoms with Crippen molar-refractivity contribution in [3.05, 3.63) is 57.5 Å². The van der Waals surface area contributed by atoms with Crippen LogP contribution in [-0.4, -0.2) is 16.9 Å². The molecule has 0 aliphatic carbocycles. The van der Waals surface area contributed by atoms with Crippen LogP contribution in [0.25, 0.3) is 0 Å². The molecule has 1 aromatic heterocycles. The van der Waals surface area contributed by atoms with Gasteiger partial charge in [0.05, 0.1) is 16.9 Å². The SMILES string of the molecule is Cc1occc1CN(C)Cc1cc([N+](=O)[O-])ccc1NN. The van der Waals surface area contributed by atoms with Gasteiger partial charge in [-0.2, -0.15) is 0 Å². The Kier molecular flexibility index (Phi) is 4.56. The fraction of sp³-hybridized carbons (Fsp3) is 0.286. The van der Waals surface area contributed by atoms with Gasteiger partial charge in [0.25, 0.3) is 5.69 Å². The number of furan rings is 1. The quantitative estimate of drug-likeness (QED) is 0.481. The topological polar surface area (TPSA) is 97.6 Å². The van der Waals surface area contributed by atoms with Crippen molar-refractivity contribution < 1.29 is 9.34 Å². The van der Waals surface area contributed by atoms with Crippen LogP contribution in [0.4, 0.5) is 11.4 Å². The molecule has 0 spiro atoms. The summed E-state index contributed by atoms with van der Waals surface area (Å²) in [6.45, 7) is 3.13. The molecule has 7 nitrogen and oxygen atoms in total. The number of hydrogen-bond donors (Lipinski definition) is 2. The molecule has 112 valence electrons. The number of nitro groups is 1. The monoisotopic (exact) mass is 290 g/mol. The second-order valence-electron chi connectivity index (χ2n) is 4.92. The Balaban J connectivity index is 2.15. The van der Waals surface area contributed by atoms with Gasteiger partial charge in [-0.15, -0.1) is 0 Å². The molecule has 3 N–H and O–H groups in total. The van der Waals surface area contributed by atoms with Crippen LogP contribution < -0.4 is 11.3 Å². The molecule has 1 aromatic carbocycles. The minimum atomic E-state index is -0.413. The lowest BCUT2D eigenvalue weighted by Crippen LogP contribution is -2.19. The van der Waals surface area contributed by atoms with E-state index in [-0.39, 0.29) is 5.69 Å². The highest BCUT2D eigenvalue weighted by atomic mass is 16.6. The number of aryl methyl sites for hydroxylation is 1. The van der Waals surface area contributed by atoms with E-state index < -0.39 is 4.92 Å². The molecule has 0 fully saturated rings. The van der Waals surface area contributed by atoms with Crippen LogP contribution in [0.5, 0.6) is 0 Å². The van der Waals surface area contributed by atoms with E-state index in [2.05, 4.69) is 5.43 Å². The van der Waals surface area contributed by atoms with Gasteiger partial charge in [-0.3, -0.25) is 20.9 Å². The Bertz CT molecular complexity index is 639. The number of nitrogens with two attached hydrogens (primary N) is 1. The van der Waals surface area contributed by atoms with Crippen LogP contribution in [0.15, 0.2) is 34.9 Å². The molecule has 0 saturated heterocycles. The Morgan fingerprint density at radius 3 is 2.62 bits per heavy atom. The van der Waals surface area contributed by atoms with Crippen LogP contribution in [0.2, 0.25) is 0 Å². The van der Waals surface area contributed by atoms with Crippen molar-refractivity contribution in [3.8, 4) is 0 Å². The molecule has 1 heterocycles. The summed E-state index contributed by atoms with van der Waals surface area (Å²) in [5.41, 5.74) is 5.16. The molecule has 0 aliphatic rings. The highest BCUT2D eigenvalue weighted by Gasteiger charge is 2.13. The Hall–Kier alpha value is -2.38. The smallest absolute Gasteiger partial charge is 0.269 e. The zero-order valence-electron chi connectivity index (χ0n) is 12.0. The minimum Gasteiger partial charge on any atom is -0.469 e. The first-order valence-corrected chi connectivity index (χ1v) is 6.46. The molecule has 0 aliphatic heterocycles. The maximum Gasteiger partial charge on any atom is 0.269 e. The van der Waals surface area contributed by atoms with Crippen LogP contribution in [0.3, 0.4) is 0 Å². The van der Waals surface area contributed by atoms with E-state index in [0.29, 0.717) is 18.8 Å². The van der Waals surface area contributed by atoms with Crippen molar-refractivity contribution in [2.45, 2.75) is 20.0 Å². The number of nitrogens with zero attached hydrogens (tertiary/aromatic N) is 2. The highest BCUT2D eigenvalue weighted by molar-refractivity contribution is 5.55. The van der Waals surface area contributed by atoms with Crippen LogP contribution in [0.1, 0.15) is 16.9 Å². The number of hydrogen-bond acceptors (Lipinski definition) is 6. The van der Waals surface area contributed by atoms with Crippen LogP contribution in [-0.2, 0) is 13.1 Å². The van der Waals surface area contributed by atoms with E-state index in [1.165, 1.54) is 12.1 Å². The van der Waals surface area contributed by atoms with Crippen LogP contribution >= 0.6 is 0 Å². The number of hydrazine groups is 1. The zero-order valence-corrected chi connectivity index (χ0v) is 12.0. The first-order chi connectivity index (χ1) is 10.0. The summed E-state index contributed by atoms with van der Waals surface area (Å²) in [6.07, 6.45) is 1.65. The fourth-order valence-electron chi connectivity index (χ4n) is 2.18. The molecular formula is C14H18N4O3. The second-order valence-corrected chi connectivity index (χ2v) is 4.92. The summed E-state index contributed by atoms with van der Waals surface area (Å²) < 4.78 is 5.26. The summed E-state index contributed by atoms with van der Waals surface area (Å²) in [6, 6.07) is 6.50. The predicted molar refractivity (Wildman–Crippen MR) is 79.5 cm³/mol. The zero-order chi connectivity index (χ0) is 15.4. The molecule has 0 amide bonds. The standard InChI is InChI=1S/C14H18N4O3/c1-10-11(5-6-21-10)8-17(2)9-12-7-13(18(19)20)3-4-14(12)16-15/h3-7,16H,8-9,15H2,1-2H3. The number of nitro benzene ring substituents is 1. The molecule has 0 unspecified atom stereocenters. The maximum absolute atomic E-state index is 10.9. The molecule has 0 atom stereocenters. The first kappa shape index (κ1) is 15.0. The summed E-state index contributed by atoms with van der Waals surface area (Å²) in [7, 11) is 1.94. The third-order valence-electron chi connectivity index (χ3n) is 3.30. The van der Waals surface area contributed by atoms with E-state index in [9.17, 15) is 10.1 Å². The molecule has 21 heavy (non-hydrogen) atoms. The molecule has 2 rings (SSSR count). The van der Waals surface area contributed by atoms with E-state index in [4.69, 9.17) is 10.3 Å². The number of non-ortho nitro benzene ring substituents is 1. The van der Waals surface area contributed by atoms with E-state index in [1.807, 2.05) is 24.9 Å². The number of rotatable bonds is 6. The van der Waals surface area contributed by atoms with Gasteiger partial charge in [-0.05, 0) is 31.7 Å². The predicted octanol–water partition coefficient (Wildman–Crippen LogP) is 2.41. The lowest BCUT2D eigenvalue weighted by Gasteiger charge is -2.18. The third-order valence-corrected chi connectivity index (χ3v) is 3.30. The van der Waals surface area contributed by atoms with Gasteiger partial charge in [0.15, 0.2) is 0 Å². The Morgan fingerprint density at radius 2 is 2.05 bits per heavy atom.